The highest BCUT2D eigenvalue weighted by atomic mass is 79.9. The van der Waals surface area contributed by atoms with Gasteiger partial charge in [0.1, 0.15) is 0 Å². The van der Waals surface area contributed by atoms with Gasteiger partial charge in [0.15, 0.2) is 0 Å². The van der Waals surface area contributed by atoms with Gasteiger partial charge in [-0.2, -0.15) is 0 Å². The minimum Gasteiger partial charge on any atom is -0.305 e. The quantitative estimate of drug-likeness (QED) is 0.878. The maximum Gasteiger partial charge on any atom is 0.0802 e. The Morgan fingerprint density at radius 1 is 1.35 bits per heavy atom. The van der Waals surface area contributed by atoms with E-state index in [4.69, 9.17) is 0 Å². The van der Waals surface area contributed by atoms with Crippen molar-refractivity contribution >= 4 is 15.9 Å². The molecule has 0 bridgehead atoms. The first-order valence-electron chi connectivity index (χ1n) is 7.05. The number of aryl methyl sites for hydroxylation is 2. The third-order valence-corrected chi connectivity index (χ3v) is 4.40. The lowest BCUT2D eigenvalue weighted by molar-refractivity contribution is 0.511. The van der Waals surface area contributed by atoms with Crippen molar-refractivity contribution in [1.29, 1.82) is 0 Å². The fourth-order valence-electron chi connectivity index (χ4n) is 2.35. The molecule has 1 N–H and O–H groups in total. The fourth-order valence-corrected chi connectivity index (χ4v) is 2.84. The zero-order chi connectivity index (χ0) is 14.5. The van der Waals surface area contributed by atoms with Gasteiger partial charge in [-0.05, 0) is 31.0 Å². The van der Waals surface area contributed by atoms with Crippen molar-refractivity contribution < 1.29 is 0 Å². The topological polar surface area (TPSA) is 42.7 Å². The SMILES string of the molecule is CCCn1nncc1C(NCC)c1cccc(C)c1Br. The van der Waals surface area contributed by atoms with Crippen molar-refractivity contribution in [2.24, 2.45) is 0 Å². The summed E-state index contributed by atoms with van der Waals surface area (Å²) in [6.07, 6.45) is 2.90. The smallest absolute Gasteiger partial charge is 0.0802 e. The van der Waals surface area contributed by atoms with E-state index >= 15 is 0 Å². The number of hydrogen-bond donors (Lipinski definition) is 1. The predicted molar refractivity (Wildman–Crippen MR) is 84.7 cm³/mol. The second-order valence-corrected chi connectivity index (χ2v) is 5.64. The van der Waals surface area contributed by atoms with Crippen molar-refractivity contribution in [3.63, 3.8) is 0 Å². The minimum absolute atomic E-state index is 0.107. The molecular formula is C15H21BrN4. The van der Waals surface area contributed by atoms with Crippen LogP contribution >= 0.6 is 15.9 Å². The molecule has 1 unspecified atom stereocenters. The van der Waals surface area contributed by atoms with Crippen LogP contribution in [-0.2, 0) is 6.54 Å². The molecule has 0 fully saturated rings. The van der Waals surface area contributed by atoms with Crippen LogP contribution in [0.25, 0.3) is 0 Å². The maximum atomic E-state index is 4.20. The van der Waals surface area contributed by atoms with Crippen LogP contribution in [0.1, 0.15) is 43.1 Å². The number of halogens is 1. The largest absolute Gasteiger partial charge is 0.305 e. The van der Waals surface area contributed by atoms with Gasteiger partial charge in [0.05, 0.1) is 17.9 Å². The van der Waals surface area contributed by atoms with E-state index in [1.807, 2.05) is 10.9 Å². The standard InChI is InChI=1S/C15H21BrN4/c1-4-9-20-13(10-18-19-20)15(17-5-2)12-8-6-7-11(3)14(12)16/h6-8,10,15,17H,4-5,9H2,1-3H3. The van der Waals surface area contributed by atoms with Crippen molar-refractivity contribution in [1.82, 2.24) is 20.3 Å². The highest BCUT2D eigenvalue weighted by molar-refractivity contribution is 9.10. The van der Waals surface area contributed by atoms with Gasteiger partial charge in [-0.25, -0.2) is 4.68 Å². The van der Waals surface area contributed by atoms with E-state index in [-0.39, 0.29) is 6.04 Å². The summed E-state index contributed by atoms with van der Waals surface area (Å²) in [6.45, 7) is 8.15. The van der Waals surface area contributed by atoms with E-state index in [1.165, 1.54) is 11.1 Å². The van der Waals surface area contributed by atoms with Crippen LogP contribution in [0, 0.1) is 6.92 Å². The van der Waals surface area contributed by atoms with E-state index < -0.39 is 0 Å². The van der Waals surface area contributed by atoms with Crippen LogP contribution in [0.15, 0.2) is 28.9 Å². The summed E-state index contributed by atoms with van der Waals surface area (Å²) >= 11 is 3.71. The van der Waals surface area contributed by atoms with Crippen molar-refractivity contribution in [3.8, 4) is 0 Å². The van der Waals surface area contributed by atoms with Gasteiger partial charge in [0.2, 0.25) is 0 Å². The van der Waals surface area contributed by atoms with Crippen molar-refractivity contribution in [3.05, 3.63) is 45.7 Å². The Bertz CT molecular complexity index is 565. The average molecular weight is 337 g/mol. The van der Waals surface area contributed by atoms with E-state index in [9.17, 15) is 0 Å². The van der Waals surface area contributed by atoms with E-state index in [0.717, 1.165) is 29.7 Å². The Kier molecular flexibility index (Phi) is 5.31. The second kappa shape index (κ2) is 6.99. The summed E-state index contributed by atoms with van der Waals surface area (Å²) in [5.74, 6) is 0. The van der Waals surface area contributed by atoms with Crippen LogP contribution in [0.5, 0.6) is 0 Å². The molecule has 4 nitrogen and oxygen atoms in total. The molecule has 2 aromatic rings. The molecule has 1 aromatic heterocycles. The van der Waals surface area contributed by atoms with Crippen LogP contribution < -0.4 is 5.32 Å². The Morgan fingerprint density at radius 2 is 2.15 bits per heavy atom. The number of nitrogens with one attached hydrogen (secondary N) is 1. The predicted octanol–water partition coefficient (Wildman–Crippen LogP) is 3.46. The lowest BCUT2D eigenvalue weighted by Gasteiger charge is -2.21. The zero-order valence-electron chi connectivity index (χ0n) is 12.2. The van der Waals surface area contributed by atoms with Crippen LogP contribution in [0.4, 0.5) is 0 Å². The van der Waals surface area contributed by atoms with Gasteiger partial charge >= 0.3 is 0 Å². The molecule has 0 spiro atoms. The summed E-state index contributed by atoms with van der Waals surface area (Å²) in [6, 6.07) is 6.45. The summed E-state index contributed by atoms with van der Waals surface area (Å²) < 4.78 is 3.14. The van der Waals surface area contributed by atoms with Crippen LogP contribution in [-0.4, -0.2) is 21.5 Å². The third kappa shape index (κ3) is 3.10. The van der Waals surface area contributed by atoms with E-state index in [0.29, 0.717) is 0 Å². The molecule has 0 saturated heterocycles. The number of nitrogens with zero attached hydrogens (tertiary/aromatic N) is 3. The van der Waals surface area contributed by atoms with Crippen LogP contribution in [0.2, 0.25) is 0 Å². The molecule has 2 rings (SSSR count). The Hall–Kier alpha value is -1.20. The van der Waals surface area contributed by atoms with Gasteiger partial charge in [-0.15, -0.1) is 5.10 Å². The van der Waals surface area contributed by atoms with Gasteiger partial charge < -0.3 is 5.32 Å². The minimum atomic E-state index is 0.107. The second-order valence-electron chi connectivity index (χ2n) is 4.85. The summed E-state index contributed by atoms with van der Waals surface area (Å²) in [4.78, 5) is 0. The first kappa shape index (κ1) is 15.2. The molecule has 0 aliphatic heterocycles. The Balaban J connectivity index is 2.45. The number of benzene rings is 1. The molecule has 0 amide bonds. The van der Waals surface area contributed by atoms with Crippen LogP contribution in [0.3, 0.4) is 0 Å². The highest BCUT2D eigenvalue weighted by Gasteiger charge is 2.20. The Morgan fingerprint density at radius 3 is 2.85 bits per heavy atom. The molecule has 1 heterocycles. The molecule has 0 radical (unpaired) electrons. The molecule has 20 heavy (non-hydrogen) atoms. The lowest BCUT2D eigenvalue weighted by atomic mass is 10.0. The Labute approximate surface area is 128 Å². The lowest BCUT2D eigenvalue weighted by Crippen LogP contribution is -2.25. The fraction of sp³-hybridized carbons (Fsp3) is 0.467. The summed E-state index contributed by atoms with van der Waals surface area (Å²) in [5, 5.41) is 11.8. The first-order valence-corrected chi connectivity index (χ1v) is 7.85. The first-order chi connectivity index (χ1) is 9.69. The normalized spacial score (nSPS) is 12.6. The average Bonchev–Trinajstić information content (AvgIpc) is 2.88. The molecular weight excluding hydrogens is 316 g/mol. The zero-order valence-corrected chi connectivity index (χ0v) is 13.8. The molecule has 0 aliphatic rings. The monoisotopic (exact) mass is 336 g/mol. The maximum absolute atomic E-state index is 4.20. The highest BCUT2D eigenvalue weighted by Crippen LogP contribution is 2.30. The van der Waals surface area contributed by atoms with Crippen molar-refractivity contribution in [2.75, 3.05) is 6.54 Å². The van der Waals surface area contributed by atoms with E-state index in [2.05, 4.69) is 70.5 Å². The van der Waals surface area contributed by atoms with Crippen molar-refractivity contribution in [2.45, 2.75) is 39.8 Å². The number of rotatable bonds is 6. The van der Waals surface area contributed by atoms with Gasteiger partial charge in [-0.1, -0.05) is 53.2 Å². The molecule has 1 aromatic carbocycles. The van der Waals surface area contributed by atoms with Gasteiger partial charge in [0.25, 0.3) is 0 Å². The molecule has 1 atom stereocenters. The molecule has 0 aliphatic carbocycles. The summed E-state index contributed by atoms with van der Waals surface area (Å²) in [5.41, 5.74) is 3.58. The molecule has 108 valence electrons. The van der Waals surface area contributed by atoms with Gasteiger partial charge in [-0.3, -0.25) is 0 Å². The number of hydrogen-bond acceptors (Lipinski definition) is 3. The molecule has 0 saturated carbocycles. The third-order valence-electron chi connectivity index (χ3n) is 3.32. The van der Waals surface area contributed by atoms with Gasteiger partial charge in [0, 0.05) is 11.0 Å². The number of aromatic nitrogens is 3. The summed E-state index contributed by atoms with van der Waals surface area (Å²) in [7, 11) is 0. The molecule has 5 heteroatoms. The van der Waals surface area contributed by atoms with E-state index in [1.54, 1.807) is 0 Å².